The number of carboxylic acids is 4. The highest BCUT2D eigenvalue weighted by atomic mass is 19.4. The molecule has 158 valence electrons. The summed E-state index contributed by atoms with van der Waals surface area (Å²) < 4.78 is 42.4. The fourth-order valence-corrected chi connectivity index (χ4v) is 2.93. The van der Waals surface area contributed by atoms with Crippen molar-refractivity contribution in [1.82, 2.24) is 0 Å². The van der Waals surface area contributed by atoms with Gasteiger partial charge in [-0.25, -0.2) is 19.2 Å². The Balaban J connectivity index is 2.87. The van der Waals surface area contributed by atoms with Crippen molar-refractivity contribution in [2.75, 3.05) is 0 Å². The van der Waals surface area contributed by atoms with Crippen molar-refractivity contribution in [2.45, 2.75) is 18.5 Å². The van der Waals surface area contributed by atoms with Crippen LogP contribution in [-0.4, -0.2) is 50.5 Å². The lowest BCUT2D eigenvalue weighted by atomic mass is 9.74. The average molecular weight is 426 g/mol. The van der Waals surface area contributed by atoms with E-state index in [9.17, 15) is 42.6 Å². The van der Waals surface area contributed by atoms with Crippen LogP contribution in [0.1, 0.15) is 59.5 Å². The molecular weight excluding hydrogens is 413 g/mol. The molecule has 0 amide bonds. The zero-order chi connectivity index (χ0) is 23.0. The second-order valence-electron chi connectivity index (χ2n) is 6.36. The lowest BCUT2D eigenvalue weighted by Gasteiger charge is -2.34. The van der Waals surface area contributed by atoms with Crippen LogP contribution in [0.3, 0.4) is 0 Å². The summed E-state index contributed by atoms with van der Waals surface area (Å²) in [7, 11) is 0. The van der Waals surface area contributed by atoms with Gasteiger partial charge in [-0.3, -0.25) is 0 Å². The first-order chi connectivity index (χ1) is 13.7. The molecule has 0 bridgehead atoms. The van der Waals surface area contributed by atoms with E-state index in [0.29, 0.717) is 31.2 Å². The maximum Gasteiger partial charge on any atom is 0.402 e. The molecule has 0 unspecified atom stereocenters. The van der Waals surface area contributed by atoms with Gasteiger partial charge >= 0.3 is 30.1 Å². The molecule has 0 aliphatic rings. The lowest BCUT2D eigenvalue weighted by Crippen LogP contribution is -2.41. The Morgan fingerprint density at radius 2 is 0.933 bits per heavy atom. The highest BCUT2D eigenvalue weighted by Crippen LogP contribution is 2.47. The fraction of sp³-hybridized carbons (Fsp3) is 0.158. The molecule has 11 heteroatoms. The van der Waals surface area contributed by atoms with E-state index in [4.69, 9.17) is 10.2 Å². The quantitative estimate of drug-likeness (QED) is 0.549. The minimum atomic E-state index is -5.09. The molecule has 0 fully saturated rings. The summed E-state index contributed by atoms with van der Waals surface area (Å²) in [6, 6.07) is 4.04. The molecule has 8 nitrogen and oxygen atoms in total. The Hall–Kier alpha value is -3.89. The maximum atomic E-state index is 14.1. The molecule has 0 aliphatic carbocycles. The summed E-state index contributed by atoms with van der Waals surface area (Å²) in [5.74, 6) is -6.87. The molecular formula is C19H13F3O8. The summed E-state index contributed by atoms with van der Waals surface area (Å²) in [6.07, 6.45) is -5.09. The predicted molar refractivity (Wildman–Crippen MR) is 93.2 cm³/mol. The molecule has 0 saturated heterocycles. The summed E-state index contributed by atoms with van der Waals surface area (Å²) in [6.45, 7) is 0.649. The third-order valence-electron chi connectivity index (χ3n) is 4.68. The molecule has 4 N–H and O–H groups in total. The zero-order valence-electron chi connectivity index (χ0n) is 15.0. The molecule has 2 rings (SSSR count). The van der Waals surface area contributed by atoms with Gasteiger partial charge in [0.15, 0.2) is 0 Å². The number of hydrogen-bond acceptors (Lipinski definition) is 4. The van der Waals surface area contributed by atoms with Crippen LogP contribution < -0.4 is 0 Å². The second-order valence-corrected chi connectivity index (χ2v) is 6.36. The molecule has 2 aromatic rings. The number of carbonyl (C=O) groups is 4. The molecule has 2 aromatic carbocycles. The van der Waals surface area contributed by atoms with Crippen LogP contribution in [0.2, 0.25) is 0 Å². The van der Waals surface area contributed by atoms with Crippen molar-refractivity contribution in [3.8, 4) is 0 Å². The monoisotopic (exact) mass is 426 g/mol. The SMILES string of the molecule is CC(c1ccc(C(=O)O)c(C(=O)O)c1)(c1ccc(C(=O)O)c(C(=O)O)c1)C(F)(F)F. The molecule has 0 radical (unpaired) electrons. The van der Waals surface area contributed by atoms with E-state index in [2.05, 4.69) is 0 Å². The van der Waals surface area contributed by atoms with E-state index in [1.165, 1.54) is 0 Å². The molecule has 0 aromatic heterocycles. The van der Waals surface area contributed by atoms with Crippen LogP contribution >= 0.6 is 0 Å². The summed E-state index contributed by atoms with van der Waals surface area (Å²) in [4.78, 5) is 45.1. The number of halogens is 3. The van der Waals surface area contributed by atoms with Gasteiger partial charge in [0, 0.05) is 0 Å². The number of aromatic carboxylic acids is 4. The van der Waals surface area contributed by atoms with E-state index in [1.54, 1.807) is 0 Å². The van der Waals surface area contributed by atoms with Crippen molar-refractivity contribution < 1.29 is 52.8 Å². The van der Waals surface area contributed by atoms with Crippen molar-refractivity contribution in [2.24, 2.45) is 0 Å². The molecule has 0 aliphatic heterocycles. The van der Waals surface area contributed by atoms with E-state index in [1.807, 2.05) is 0 Å². The normalized spacial score (nSPS) is 11.7. The molecule has 0 atom stereocenters. The zero-order valence-corrected chi connectivity index (χ0v) is 15.0. The van der Waals surface area contributed by atoms with E-state index < -0.39 is 68.8 Å². The molecule has 30 heavy (non-hydrogen) atoms. The Labute approximate surface area is 165 Å². The van der Waals surface area contributed by atoms with Crippen molar-refractivity contribution in [1.29, 1.82) is 0 Å². The van der Waals surface area contributed by atoms with Gasteiger partial charge in [0.1, 0.15) is 5.41 Å². The third-order valence-corrected chi connectivity index (χ3v) is 4.68. The predicted octanol–water partition coefficient (Wildman–Crippen LogP) is 3.35. The van der Waals surface area contributed by atoms with Crippen molar-refractivity contribution in [3.63, 3.8) is 0 Å². The number of hydrogen-bond donors (Lipinski definition) is 4. The first kappa shape index (κ1) is 22.4. The Morgan fingerprint density at radius 1 is 0.633 bits per heavy atom. The van der Waals surface area contributed by atoms with Crippen LogP contribution in [0.15, 0.2) is 36.4 Å². The number of carboxylic acid groups (broad SMARTS) is 4. The van der Waals surface area contributed by atoms with Gasteiger partial charge in [-0.15, -0.1) is 0 Å². The average Bonchev–Trinajstić information content (AvgIpc) is 2.65. The van der Waals surface area contributed by atoms with E-state index in [0.717, 1.165) is 12.1 Å². The Kier molecular flexibility index (Phi) is 5.60. The first-order valence-electron chi connectivity index (χ1n) is 8.00. The summed E-state index contributed by atoms with van der Waals surface area (Å²) >= 11 is 0. The molecule has 0 spiro atoms. The van der Waals surface area contributed by atoms with Gasteiger partial charge in [-0.05, 0) is 42.3 Å². The van der Waals surface area contributed by atoms with Gasteiger partial charge in [0.25, 0.3) is 0 Å². The summed E-state index contributed by atoms with van der Waals surface area (Å²) in [5.41, 5.74) is -7.57. The number of rotatable bonds is 6. The van der Waals surface area contributed by atoms with Gasteiger partial charge in [-0.2, -0.15) is 13.2 Å². The number of benzene rings is 2. The largest absolute Gasteiger partial charge is 0.478 e. The molecule has 0 heterocycles. The topological polar surface area (TPSA) is 149 Å². The van der Waals surface area contributed by atoms with Crippen LogP contribution in [0.25, 0.3) is 0 Å². The second kappa shape index (κ2) is 7.50. The van der Waals surface area contributed by atoms with Gasteiger partial charge in [0.05, 0.1) is 22.3 Å². The van der Waals surface area contributed by atoms with Crippen molar-refractivity contribution >= 4 is 23.9 Å². The summed E-state index contributed by atoms with van der Waals surface area (Å²) in [5, 5.41) is 36.5. The van der Waals surface area contributed by atoms with E-state index >= 15 is 0 Å². The Bertz CT molecular complexity index is 996. The first-order valence-corrected chi connectivity index (χ1v) is 8.00. The van der Waals surface area contributed by atoms with Crippen LogP contribution in [0.4, 0.5) is 13.2 Å². The minimum absolute atomic E-state index is 0.546. The smallest absolute Gasteiger partial charge is 0.402 e. The fourth-order valence-electron chi connectivity index (χ4n) is 2.93. The highest BCUT2D eigenvalue weighted by molar-refractivity contribution is 6.02. The number of alkyl halides is 3. The molecule has 0 saturated carbocycles. The highest BCUT2D eigenvalue weighted by Gasteiger charge is 2.54. The van der Waals surface area contributed by atoms with Gasteiger partial charge < -0.3 is 20.4 Å². The third kappa shape index (κ3) is 3.69. The lowest BCUT2D eigenvalue weighted by molar-refractivity contribution is -0.173. The van der Waals surface area contributed by atoms with Crippen LogP contribution in [-0.2, 0) is 5.41 Å². The van der Waals surface area contributed by atoms with E-state index in [-0.39, 0.29) is 0 Å². The van der Waals surface area contributed by atoms with Crippen molar-refractivity contribution in [3.05, 3.63) is 69.8 Å². The van der Waals surface area contributed by atoms with Gasteiger partial charge in [0.2, 0.25) is 0 Å². The Morgan fingerprint density at radius 3 is 1.17 bits per heavy atom. The van der Waals surface area contributed by atoms with Crippen LogP contribution in [0.5, 0.6) is 0 Å². The minimum Gasteiger partial charge on any atom is -0.478 e. The maximum absolute atomic E-state index is 14.1. The van der Waals surface area contributed by atoms with Gasteiger partial charge in [-0.1, -0.05) is 12.1 Å². The standard InChI is InChI=1S/C19H13F3O8/c1-18(19(20,21)22,8-2-4-10(14(23)24)12(6-8)16(27)28)9-3-5-11(15(25)26)13(7-9)17(29)30/h2-7H,1H3,(H,23,24)(H,25,26)(H,27,28)(H,29,30). The van der Waals surface area contributed by atoms with Crippen LogP contribution in [0, 0.1) is 0 Å².